The fraction of sp³-hybridized carbons (Fsp3) is 0.278. The van der Waals surface area contributed by atoms with E-state index >= 15 is 0 Å². The molecule has 0 aliphatic carbocycles. The molecule has 0 atom stereocenters. The highest BCUT2D eigenvalue weighted by molar-refractivity contribution is 5.88. The van der Waals surface area contributed by atoms with E-state index in [1.54, 1.807) is 10.6 Å². The molecule has 1 N–H and O–H groups in total. The zero-order valence-corrected chi connectivity index (χ0v) is 13.7. The van der Waals surface area contributed by atoms with Crippen molar-refractivity contribution in [3.63, 3.8) is 0 Å². The third kappa shape index (κ3) is 2.59. The number of nitrogens with zero attached hydrogens (tertiary/aromatic N) is 3. The minimum absolute atomic E-state index is 0.0509. The quantitative estimate of drug-likeness (QED) is 0.798. The Morgan fingerprint density at radius 3 is 2.57 bits per heavy atom. The Bertz CT molecular complexity index is 910. The van der Waals surface area contributed by atoms with Crippen molar-refractivity contribution in [2.75, 3.05) is 0 Å². The van der Waals surface area contributed by atoms with Gasteiger partial charge < -0.3 is 5.11 Å². The summed E-state index contributed by atoms with van der Waals surface area (Å²) in [4.78, 5) is 15.8. The van der Waals surface area contributed by atoms with Crippen LogP contribution < -0.4 is 0 Å². The molecule has 0 saturated heterocycles. The molecular weight excluding hydrogens is 290 g/mol. The predicted molar refractivity (Wildman–Crippen MR) is 88.9 cm³/mol. The molecule has 0 unspecified atom stereocenters. The summed E-state index contributed by atoms with van der Waals surface area (Å²) in [6.07, 6.45) is 0. The SMILES string of the molecule is Cc1cccc(-c2c(C)nn3c(C(C)C)cc(C(=O)O)nc23)c1. The van der Waals surface area contributed by atoms with Gasteiger partial charge in [-0.2, -0.15) is 5.10 Å². The Kier molecular flexibility index (Phi) is 3.64. The number of fused-ring (bicyclic) bond motifs is 1. The molecule has 0 aliphatic heterocycles. The fourth-order valence-corrected chi connectivity index (χ4v) is 2.81. The largest absolute Gasteiger partial charge is 0.477 e. The second-order valence-electron chi connectivity index (χ2n) is 6.09. The van der Waals surface area contributed by atoms with Crippen molar-refractivity contribution >= 4 is 11.6 Å². The average molecular weight is 309 g/mol. The summed E-state index contributed by atoms with van der Waals surface area (Å²) in [7, 11) is 0. The molecule has 0 fully saturated rings. The summed E-state index contributed by atoms with van der Waals surface area (Å²) in [5.41, 5.74) is 5.36. The van der Waals surface area contributed by atoms with Crippen LogP contribution in [0.15, 0.2) is 30.3 Å². The van der Waals surface area contributed by atoms with E-state index in [0.29, 0.717) is 5.65 Å². The second kappa shape index (κ2) is 5.50. The molecule has 0 bridgehead atoms. The normalized spacial score (nSPS) is 11.3. The maximum Gasteiger partial charge on any atom is 0.354 e. The lowest BCUT2D eigenvalue weighted by Gasteiger charge is -2.10. The van der Waals surface area contributed by atoms with Gasteiger partial charge in [0.1, 0.15) is 0 Å². The van der Waals surface area contributed by atoms with Crippen LogP contribution in [0.25, 0.3) is 16.8 Å². The molecule has 3 rings (SSSR count). The first-order chi connectivity index (χ1) is 10.9. The highest BCUT2D eigenvalue weighted by atomic mass is 16.4. The Labute approximate surface area is 134 Å². The van der Waals surface area contributed by atoms with E-state index < -0.39 is 5.97 Å². The first kappa shape index (κ1) is 15.2. The van der Waals surface area contributed by atoms with Crippen molar-refractivity contribution < 1.29 is 9.90 Å². The van der Waals surface area contributed by atoms with E-state index in [0.717, 1.165) is 28.1 Å². The van der Waals surface area contributed by atoms with Crippen molar-refractivity contribution in [3.8, 4) is 11.1 Å². The molecule has 23 heavy (non-hydrogen) atoms. The second-order valence-corrected chi connectivity index (χ2v) is 6.09. The third-order valence-electron chi connectivity index (χ3n) is 3.91. The number of rotatable bonds is 3. The fourth-order valence-electron chi connectivity index (χ4n) is 2.81. The molecule has 3 aromatic rings. The monoisotopic (exact) mass is 309 g/mol. The molecule has 5 heteroatoms. The lowest BCUT2D eigenvalue weighted by molar-refractivity contribution is 0.0690. The van der Waals surface area contributed by atoms with Crippen LogP contribution in [0.3, 0.4) is 0 Å². The predicted octanol–water partition coefficient (Wildman–Crippen LogP) is 3.83. The van der Waals surface area contributed by atoms with Crippen LogP contribution >= 0.6 is 0 Å². The molecule has 1 aromatic carbocycles. The summed E-state index contributed by atoms with van der Waals surface area (Å²) in [5, 5.41) is 14.0. The van der Waals surface area contributed by atoms with Gasteiger partial charge in [-0.05, 0) is 31.4 Å². The van der Waals surface area contributed by atoms with E-state index in [2.05, 4.69) is 16.1 Å². The molecule has 2 aromatic heterocycles. The number of aryl methyl sites for hydroxylation is 2. The molecule has 118 valence electrons. The topological polar surface area (TPSA) is 67.5 Å². The molecular formula is C18H19N3O2. The summed E-state index contributed by atoms with van der Waals surface area (Å²) in [5.74, 6) is -0.883. The van der Waals surface area contributed by atoms with E-state index in [-0.39, 0.29) is 11.6 Å². The Balaban J connectivity index is 2.39. The molecule has 0 radical (unpaired) electrons. The highest BCUT2D eigenvalue weighted by Crippen LogP contribution is 2.30. The first-order valence-corrected chi connectivity index (χ1v) is 7.59. The van der Waals surface area contributed by atoms with Gasteiger partial charge in [-0.15, -0.1) is 0 Å². The highest BCUT2D eigenvalue weighted by Gasteiger charge is 2.20. The Morgan fingerprint density at radius 1 is 1.22 bits per heavy atom. The summed E-state index contributed by atoms with van der Waals surface area (Å²) < 4.78 is 1.77. The molecule has 2 heterocycles. The van der Waals surface area contributed by atoms with Crippen molar-refractivity contribution in [2.24, 2.45) is 0 Å². The minimum atomic E-state index is -1.02. The van der Waals surface area contributed by atoms with Crippen molar-refractivity contribution in [1.82, 2.24) is 14.6 Å². The standard InChI is InChI=1S/C18H19N3O2/c1-10(2)15-9-14(18(22)23)19-17-16(12(4)20-21(15)17)13-7-5-6-11(3)8-13/h5-10H,1-4H3,(H,22,23). The lowest BCUT2D eigenvalue weighted by atomic mass is 10.0. The maximum atomic E-state index is 11.4. The van der Waals surface area contributed by atoms with Crippen LogP contribution in [-0.4, -0.2) is 25.7 Å². The zero-order valence-electron chi connectivity index (χ0n) is 13.7. The summed E-state index contributed by atoms with van der Waals surface area (Å²) >= 11 is 0. The van der Waals surface area contributed by atoms with Gasteiger partial charge in [0, 0.05) is 11.3 Å². The minimum Gasteiger partial charge on any atom is -0.477 e. The van der Waals surface area contributed by atoms with E-state index in [1.165, 1.54) is 0 Å². The van der Waals surface area contributed by atoms with Gasteiger partial charge >= 0.3 is 5.97 Å². The number of carboxylic acid groups (broad SMARTS) is 1. The Morgan fingerprint density at radius 2 is 1.96 bits per heavy atom. The van der Waals surface area contributed by atoms with Gasteiger partial charge in [0.25, 0.3) is 0 Å². The number of carbonyl (C=O) groups is 1. The average Bonchev–Trinajstić information content (AvgIpc) is 2.81. The number of hydrogen-bond donors (Lipinski definition) is 1. The zero-order chi connectivity index (χ0) is 16.7. The van der Waals surface area contributed by atoms with Gasteiger partial charge in [0.05, 0.1) is 5.69 Å². The van der Waals surface area contributed by atoms with Crippen LogP contribution in [0, 0.1) is 13.8 Å². The van der Waals surface area contributed by atoms with Gasteiger partial charge in [0.15, 0.2) is 11.3 Å². The lowest BCUT2D eigenvalue weighted by Crippen LogP contribution is -2.09. The van der Waals surface area contributed by atoms with Crippen LogP contribution in [0.2, 0.25) is 0 Å². The Hall–Kier alpha value is -2.69. The third-order valence-corrected chi connectivity index (χ3v) is 3.91. The summed E-state index contributed by atoms with van der Waals surface area (Å²) in [6, 6.07) is 9.68. The smallest absolute Gasteiger partial charge is 0.354 e. The van der Waals surface area contributed by atoms with Gasteiger partial charge in [0.2, 0.25) is 0 Å². The van der Waals surface area contributed by atoms with E-state index in [1.807, 2.05) is 45.9 Å². The van der Waals surface area contributed by atoms with Crippen LogP contribution in [0.1, 0.15) is 47.2 Å². The van der Waals surface area contributed by atoms with Crippen molar-refractivity contribution in [3.05, 3.63) is 53.0 Å². The molecule has 0 spiro atoms. The molecule has 5 nitrogen and oxygen atoms in total. The van der Waals surface area contributed by atoms with Crippen molar-refractivity contribution in [2.45, 2.75) is 33.6 Å². The van der Waals surface area contributed by atoms with Gasteiger partial charge in [-0.3, -0.25) is 0 Å². The van der Waals surface area contributed by atoms with Crippen LogP contribution in [0.4, 0.5) is 0 Å². The summed E-state index contributed by atoms with van der Waals surface area (Å²) in [6.45, 7) is 7.99. The van der Waals surface area contributed by atoms with Crippen LogP contribution in [0.5, 0.6) is 0 Å². The number of carboxylic acids is 1. The maximum absolute atomic E-state index is 11.4. The number of hydrogen-bond acceptors (Lipinski definition) is 3. The van der Waals surface area contributed by atoms with Gasteiger partial charge in [-0.25, -0.2) is 14.3 Å². The molecule has 0 saturated carbocycles. The van der Waals surface area contributed by atoms with E-state index in [9.17, 15) is 9.90 Å². The molecule has 0 aliphatic rings. The number of aromatic nitrogens is 3. The van der Waals surface area contributed by atoms with Gasteiger partial charge in [-0.1, -0.05) is 43.7 Å². The molecule has 0 amide bonds. The number of benzene rings is 1. The van der Waals surface area contributed by atoms with Crippen molar-refractivity contribution in [1.29, 1.82) is 0 Å². The van der Waals surface area contributed by atoms with E-state index in [4.69, 9.17) is 0 Å². The number of aromatic carboxylic acids is 1. The first-order valence-electron chi connectivity index (χ1n) is 7.59. The van der Waals surface area contributed by atoms with Crippen LogP contribution in [-0.2, 0) is 0 Å².